The van der Waals surface area contributed by atoms with Crippen LogP contribution in [0.1, 0.15) is 47.3 Å². The molecule has 0 saturated heterocycles. The minimum absolute atomic E-state index is 0.180. The highest BCUT2D eigenvalue weighted by Gasteiger charge is 2.34. The maximum atomic E-state index is 12.5. The largest absolute Gasteiger partial charge is 0.388 e. The average molecular weight is 297 g/mol. The molecule has 1 fully saturated rings. The molecule has 0 atom stereocenters. The zero-order valence-electron chi connectivity index (χ0n) is 12.2. The second-order valence-electron chi connectivity index (χ2n) is 5.84. The molecule has 1 N–H and O–H groups in total. The van der Waals surface area contributed by atoms with Crippen LogP contribution in [0.3, 0.4) is 0 Å². The molecule has 2 rings (SSSR count). The first-order valence-corrected chi connectivity index (χ1v) is 7.32. The first kappa shape index (κ1) is 15.3. The van der Waals surface area contributed by atoms with E-state index in [0.29, 0.717) is 12.1 Å². The van der Waals surface area contributed by atoms with Crippen molar-refractivity contribution in [2.75, 3.05) is 13.6 Å². The highest BCUT2D eigenvalue weighted by molar-refractivity contribution is 6.32. The van der Waals surface area contributed by atoms with Crippen LogP contribution in [0, 0.1) is 13.8 Å². The summed E-state index contributed by atoms with van der Waals surface area (Å²) in [5.74, 6) is -0.180. The van der Waals surface area contributed by atoms with Crippen molar-refractivity contribution in [2.24, 2.45) is 0 Å². The van der Waals surface area contributed by atoms with Crippen LogP contribution in [0.2, 0.25) is 5.15 Å². The molecule has 0 bridgehead atoms. The molecule has 1 aromatic heterocycles. The number of aromatic nitrogens is 1. The van der Waals surface area contributed by atoms with Crippen molar-refractivity contribution in [3.05, 3.63) is 28.0 Å². The van der Waals surface area contributed by atoms with Gasteiger partial charge in [-0.05, 0) is 38.3 Å². The molecule has 1 saturated carbocycles. The zero-order valence-corrected chi connectivity index (χ0v) is 13.0. The molecule has 5 heteroatoms. The van der Waals surface area contributed by atoms with E-state index in [0.717, 1.165) is 36.9 Å². The predicted octanol–water partition coefficient (Wildman–Crippen LogP) is 2.73. The summed E-state index contributed by atoms with van der Waals surface area (Å²) in [6.45, 7) is 4.04. The molecule has 1 amide bonds. The number of pyridine rings is 1. The van der Waals surface area contributed by atoms with Gasteiger partial charge >= 0.3 is 0 Å². The van der Waals surface area contributed by atoms with Crippen LogP contribution in [0.4, 0.5) is 0 Å². The van der Waals surface area contributed by atoms with Crippen molar-refractivity contribution in [3.63, 3.8) is 0 Å². The molecule has 0 aliphatic heterocycles. The lowest BCUT2D eigenvalue weighted by atomic mass is 10.0. The zero-order chi connectivity index (χ0) is 14.9. The van der Waals surface area contributed by atoms with E-state index < -0.39 is 5.60 Å². The number of likely N-dealkylation sites (N-methyl/N-ethyl adjacent to an activating group) is 1. The number of rotatable bonds is 3. The highest BCUT2D eigenvalue weighted by atomic mass is 35.5. The number of hydrogen-bond donors (Lipinski definition) is 1. The Balaban J connectivity index is 2.19. The van der Waals surface area contributed by atoms with Gasteiger partial charge < -0.3 is 10.0 Å². The third-order valence-corrected chi connectivity index (χ3v) is 4.20. The van der Waals surface area contributed by atoms with Gasteiger partial charge in [-0.15, -0.1) is 0 Å². The molecule has 110 valence electrons. The second kappa shape index (κ2) is 5.70. The van der Waals surface area contributed by atoms with Gasteiger partial charge in [0.2, 0.25) is 0 Å². The quantitative estimate of drug-likeness (QED) is 0.873. The Bertz CT molecular complexity index is 502. The van der Waals surface area contributed by atoms with Gasteiger partial charge in [-0.25, -0.2) is 4.98 Å². The number of nitrogens with zero attached hydrogens (tertiary/aromatic N) is 2. The van der Waals surface area contributed by atoms with E-state index in [1.165, 1.54) is 0 Å². The first-order valence-electron chi connectivity index (χ1n) is 6.94. The van der Waals surface area contributed by atoms with Gasteiger partial charge in [-0.3, -0.25) is 4.79 Å². The number of aryl methyl sites for hydroxylation is 2. The second-order valence-corrected chi connectivity index (χ2v) is 6.20. The molecule has 4 nitrogen and oxygen atoms in total. The Morgan fingerprint density at radius 3 is 2.60 bits per heavy atom. The smallest absolute Gasteiger partial charge is 0.257 e. The van der Waals surface area contributed by atoms with Gasteiger partial charge in [0.05, 0.1) is 11.2 Å². The summed E-state index contributed by atoms with van der Waals surface area (Å²) in [5.41, 5.74) is 1.29. The number of aliphatic hydroxyl groups is 1. The number of carbonyl (C=O) groups is 1. The summed E-state index contributed by atoms with van der Waals surface area (Å²) in [4.78, 5) is 18.2. The van der Waals surface area contributed by atoms with Crippen LogP contribution in [-0.4, -0.2) is 40.1 Å². The molecule has 1 heterocycles. The lowest BCUT2D eigenvalue weighted by Crippen LogP contribution is -2.42. The fourth-order valence-electron chi connectivity index (χ4n) is 2.94. The van der Waals surface area contributed by atoms with E-state index in [1.54, 1.807) is 11.9 Å². The Hall–Kier alpha value is -1.13. The molecular formula is C15H21ClN2O2. The van der Waals surface area contributed by atoms with Crippen molar-refractivity contribution >= 4 is 17.5 Å². The summed E-state index contributed by atoms with van der Waals surface area (Å²) >= 11 is 6.10. The summed E-state index contributed by atoms with van der Waals surface area (Å²) in [5, 5.41) is 10.6. The Labute approximate surface area is 124 Å². The molecule has 1 aliphatic carbocycles. The highest BCUT2D eigenvalue weighted by Crippen LogP contribution is 2.30. The lowest BCUT2D eigenvalue weighted by molar-refractivity contribution is 0.0156. The minimum atomic E-state index is -0.747. The Morgan fingerprint density at radius 2 is 2.05 bits per heavy atom. The number of carbonyl (C=O) groups excluding carboxylic acids is 1. The topological polar surface area (TPSA) is 53.4 Å². The monoisotopic (exact) mass is 296 g/mol. The first-order chi connectivity index (χ1) is 9.32. The predicted molar refractivity (Wildman–Crippen MR) is 79.1 cm³/mol. The van der Waals surface area contributed by atoms with Crippen molar-refractivity contribution in [1.29, 1.82) is 0 Å². The fourth-order valence-corrected chi connectivity index (χ4v) is 3.31. The normalized spacial score (nSPS) is 17.2. The standard InChI is InChI=1S/C15H21ClN2O2/c1-10-8-11(2)17-13(16)12(10)14(19)18(3)9-15(20)6-4-5-7-15/h8,20H,4-7,9H2,1-3H3. The summed E-state index contributed by atoms with van der Waals surface area (Å²) in [7, 11) is 1.70. The van der Waals surface area contributed by atoms with E-state index in [1.807, 2.05) is 19.9 Å². The van der Waals surface area contributed by atoms with Gasteiger partial charge in [0.15, 0.2) is 0 Å². The third kappa shape index (κ3) is 3.13. The third-order valence-electron chi connectivity index (χ3n) is 3.93. The van der Waals surface area contributed by atoms with E-state index in [9.17, 15) is 9.90 Å². The van der Waals surface area contributed by atoms with Crippen molar-refractivity contribution in [2.45, 2.75) is 45.1 Å². The van der Waals surface area contributed by atoms with Gasteiger partial charge in [-0.1, -0.05) is 24.4 Å². The summed E-state index contributed by atoms with van der Waals surface area (Å²) in [6, 6.07) is 1.84. The van der Waals surface area contributed by atoms with Gasteiger partial charge in [0, 0.05) is 19.3 Å². The van der Waals surface area contributed by atoms with Gasteiger partial charge in [0.1, 0.15) is 5.15 Å². The van der Waals surface area contributed by atoms with E-state index in [2.05, 4.69) is 4.98 Å². The van der Waals surface area contributed by atoms with Crippen molar-refractivity contribution in [1.82, 2.24) is 9.88 Å². The van der Waals surface area contributed by atoms with E-state index in [4.69, 9.17) is 11.6 Å². The lowest BCUT2D eigenvalue weighted by Gasteiger charge is -2.29. The SMILES string of the molecule is Cc1cc(C)c(C(=O)N(C)CC2(O)CCCC2)c(Cl)n1. The van der Waals surface area contributed by atoms with Gasteiger partial charge in [0.25, 0.3) is 5.91 Å². The number of hydrogen-bond acceptors (Lipinski definition) is 3. The Morgan fingerprint density at radius 1 is 1.45 bits per heavy atom. The molecule has 1 aliphatic rings. The summed E-state index contributed by atoms with van der Waals surface area (Å²) < 4.78 is 0. The number of halogens is 1. The van der Waals surface area contributed by atoms with Crippen LogP contribution < -0.4 is 0 Å². The molecule has 0 radical (unpaired) electrons. The maximum Gasteiger partial charge on any atom is 0.257 e. The average Bonchev–Trinajstić information content (AvgIpc) is 2.74. The molecular weight excluding hydrogens is 276 g/mol. The molecule has 0 unspecified atom stereocenters. The fraction of sp³-hybridized carbons (Fsp3) is 0.600. The van der Waals surface area contributed by atoms with Crippen LogP contribution in [0.5, 0.6) is 0 Å². The van der Waals surface area contributed by atoms with Crippen molar-refractivity contribution in [3.8, 4) is 0 Å². The van der Waals surface area contributed by atoms with Gasteiger partial charge in [-0.2, -0.15) is 0 Å². The van der Waals surface area contributed by atoms with Crippen LogP contribution >= 0.6 is 11.6 Å². The van der Waals surface area contributed by atoms with Crippen LogP contribution in [-0.2, 0) is 0 Å². The van der Waals surface area contributed by atoms with Crippen LogP contribution in [0.25, 0.3) is 0 Å². The van der Waals surface area contributed by atoms with Crippen LogP contribution in [0.15, 0.2) is 6.07 Å². The molecule has 0 aromatic carbocycles. The number of amides is 1. The minimum Gasteiger partial charge on any atom is -0.388 e. The van der Waals surface area contributed by atoms with E-state index >= 15 is 0 Å². The van der Waals surface area contributed by atoms with E-state index in [-0.39, 0.29) is 11.1 Å². The Kier molecular flexibility index (Phi) is 4.35. The van der Waals surface area contributed by atoms with Crippen molar-refractivity contribution < 1.29 is 9.90 Å². The summed E-state index contributed by atoms with van der Waals surface area (Å²) in [6.07, 6.45) is 3.54. The maximum absolute atomic E-state index is 12.5. The molecule has 20 heavy (non-hydrogen) atoms. The molecule has 1 aromatic rings. The molecule has 0 spiro atoms.